The molecule has 2 aromatic rings. The number of aromatic nitrogens is 1. The molecule has 4 heteroatoms. The number of hydrogen-bond acceptors (Lipinski definition) is 4. The van der Waals surface area contributed by atoms with Crippen molar-refractivity contribution >= 4 is 17.0 Å². The second-order valence-corrected chi connectivity index (χ2v) is 6.96. The van der Waals surface area contributed by atoms with Gasteiger partial charge in [-0.2, -0.15) is 0 Å². The summed E-state index contributed by atoms with van der Waals surface area (Å²) < 4.78 is 0. The normalized spacial score (nSPS) is 16.1. The molecule has 3 nitrogen and oxygen atoms in total. The first kappa shape index (κ1) is 14.5. The fraction of sp³-hybridized carbons (Fsp3) is 0.471. The van der Waals surface area contributed by atoms with Crippen LogP contribution in [0.1, 0.15) is 42.4 Å². The summed E-state index contributed by atoms with van der Waals surface area (Å²) in [5.41, 5.74) is 4.17. The Kier molecular flexibility index (Phi) is 4.27. The maximum absolute atomic E-state index is 4.52. The molecule has 0 saturated carbocycles. The van der Waals surface area contributed by atoms with Crippen LogP contribution in [-0.4, -0.2) is 24.6 Å². The Morgan fingerprint density at radius 3 is 2.90 bits per heavy atom. The Labute approximate surface area is 131 Å². The smallest absolute Gasteiger partial charge is 0.114 e. The van der Waals surface area contributed by atoms with Crippen molar-refractivity contribution in [3.63, 3.8) is 0 Å². The van der Waals surface area contributed by atoms with E-state index in [1.165, 1.54) is 29.7 Å². The van der Waals surface area contributed by atoms with E-state index in [9.17, 15) is 0 Å². The Hall–Kier alpha value is -1.39. The first-order valence-electron chi connectivity index (χ1n) is 7.64. The summed E-state index contributed by atoms with van der Waals surface area (Å²) in [4.78, 5) is 6.88. The highest BCUT2D eigenvalue weighted by atomic mass is 32.1. The Balaban J connectivity index is 1.96. The van der Waals surface area contributed by atoms with Crippen molar-refractivity contribution in [3.05, 3.63) is 45.9 Å². The summed E-state index contributed by atoms with van der Waals surface area (Å²) in [6.45, 7) is 5.53. The van der Waals surface area contributed by atoms with Crippen LogP contribution in [0.5, 0.6) is 0 Å². The first-order valence-corrected chi connectivity index (χ1v) is 8.52. The van der Waals surface area contributed by atoms with Crippen LogP contribution in [0.3, 0.4) is 0 Å². The number of fused-ring (bicyclic) bond motifs is 1. The van der Waals surface area contributed by atoms with Gasteiger partial charge in [0, 0.05) is 36.9 Å². The molecule has 0 spiro atoms. The minimum Gasteiger partial charge on any atom is -0.374 e. The molecule has 0 fully saturated rings. The molecule has 1 aliphatic rings. The standard InChI is InChI=1S/C17H23N3S/c1-12(2)19-16(17-18-8-10-21-17)14-6-7-15-13(11-14)5-4-9-20(15)3/h6-8,10-12,16,19H,4-5,9H2,1-3H3. The minimum atomic E-state index is 0.197. The van der Waals surface area contributed by atoms with E-state index >= 15 is 0 Å². The van der Waals surface area contributed by atoms with E-state index in [1.54, 1.807) is 11.3 Å². The van der Waals surface area contributed by atoms with Crippen LogP contribution in [0.4, 0.5) is 5.69 Å². The summed E-state index contributed by atoms with van der Waals surface area (Å²) in [7, 11) is 2.18. The molecule has 0 amide bonds. The van der Waals surface area contributed by atoms with E-state index in [0.29, 0.717) is 6.04 Å². The lowest BCUT2D eigenvalue weighted by atomic mass is 9.96. The van der Waals surface area contributed by atoms with Crippen LogP contribution in [0.15, 0.2) is 29.8 Å². The van der Waals surface area contributed by atoms with Crippen LogP contribution in [0.2, 0.25) is 0 Å². The lowest BCUT2D eigenvalue weighted by Crippen LogP contribution is -2.29. The van der Waals surface area contributed by atoms with Crippen molar-refractivity contribution in [3.8, 4) is 0 Å². The van der Waals surface area contributed by atoms with E-state index in [2.05, 4.69) is 59.7 Å². The molecule has 3 rings (SSSR count). The number of rotatable bonds is 4. The molecule has 0 radical (unpaired) electrons. The molecule has 21 heavy (non-hydrogen) atoms. The summed E-state index contributed by atoms with van der Waals surface area (Å²) in [6, 6.07) is 7.51. The van der Waals surface area contributed by atoms with Gasteiger partial charge >= 0.3 is 0 Å². The molecule has 0 saturated heterocycles. The van der Waals surface area contributed by atoms with E-state index in [1.807, 2.05) is 6.20 Å². The van der Waals surface area contributed by atoms with Crippen LogP contribution < -0.4 is 10.2 Å². The summed E-state index contributed by atoms with van der Waals surface area (Å²) in [5, 5.41) is 6.85. The van der Waals surface area contributed by atoms with Gasteiger partial charge in [-0.3, -0.25) is 0 Å². The van der Waals surface area contributed by atoms with Crippen molar-refractivity contribution < 1.29 is 0 Å². The number of nitrogens with one attached hydrogen (secondary N) is 1. The second-order valence-electron chi connectivity index (χ2n) is 6.04. The molecule has 1 unspecified atom stereocenters. The predicted octanol–water partition coefficient (Wildman–Crippen LogP) is 3.61. The number of anilines is 1. The summed E-state index contributed by atoms with van der Waals surface area (Å²) in [5.74, 6) is 0. The molecule has 112 valence electrons. The van der Waals surface area contributed by atoms with Crippen LogP contribution in [0, 0.1) is 0 Å². The number of thiazole rings is 1. The van der Waals surface area contributed by atoms with Crippen LogP contribution in [-0.2, 0) is 6.42 Å². The van der Waals surface area contributed by atoms with Crippen molar-refractivity contribution in [2.75, 3.05) is 18.5 Å². The lowest BCUT2D eigenvalue weighted by Gasteiger charge is -2.29. The van der Waals surface area contributed by atoms with Gasteiger partial charge in [-0.15, -0.1) is 11.3 Å². The SMILES string of the molecule is CC(C)NC(c1ccc2c(c1)CCCN2C)c1nccs1. The first-order chi connectivity index (χ1) is 10.1. The fourth-order valence-corrected chi connectivity index (χ4v) is 3.73. The lowest BCUT2D eigenvalue weighted by molar-refractivity contribution is 0.526. The average Bonchev–Trinajstić information content (AvgIpc) is 2.98. The highest BCUT2D eigenvalue weighted by Gasteiger charge is 2.20. The van der Waals surface area contributed by atoms with Crippen molar-refractivity contribution in [1.29, 1.82) is 0 Å². The molecule has 2 heterocycles. The van der Waals surface area contributed by atoms with Gasteiger partial charge in [0.15, 0.2) is 0 Å². The molecule has 1 aromatic heterocycles. The molecule has 1 aliphatic heterocycles. The van der Waals surface area contributed by atoms with Gasteiger partial charge in [0.25, 0.3) is 0 Å². The third kappa shape index (κ3) is 3.11. The predicted molar refractivity (Wildman–Crippen MR) is 90.3 cm³/mol. The van der Waals surface area contributed by atoms with E-state index in [4.69, 9.17) is 0 Å². The molecular formula is C17H23N3S. The highest BCUT2D eigenvalue weighted by molar-refractivity contribution is 7.09. The summed E-state index contributed by atoms with van der Waals surface area (Å²) >= 11 is 1.72. The van der Waals surface area contributed by atoms with Crippen LogP contribution in [0.25, 0.3) is 0 Å². The average molecular weight is 301 g/mol. The van der Waals surface area contributed by atoms with Gasteiger partial charge in [-0.1, -0.05) is 12.1 Å². The zero-order valence-corrected chi connectivity index (χ0v) is 13.8. The molecule has 0 aliphatic carbocycles. The van der Waals surface area contributed by atoms with Crippen molar-refractivity contribution in [2.24, 2.45) is 0 Å². The largest absolute Gasteiger partial charge is 0.374 e. The maximum atomic E-state index is 4.52. The Morgan fingerprint density at radius 2 is 2.19 bits per heavy atom. The Morgan fingerprint density at radius 1 is 1.33 bits per heavy atom. The maximum Gasteiger partial charge on any atom is 0.114 e. The van der Waals surface area contributed by atoms with Gasteiger partial charge in [-0.05, 0) is 43.9 Å². The molecular weight excluding hydrogens is 278 g/mol. The monoisotopic (exact) mass is 301 g/mol. The van der Waals surface area contributed by atoms with Crippen molar-refractivity contribution in [2.45, 2.75) is 38.8 Å². The van der Waals surface area contributed by atoms with Gasteiger partial charge < -0.3 is 10.2 Å². The van der Waals surface area contributed by atoms with E-state index in [0.717, 1.165) is 11.6 Å². The third-order valence-electron chi connectivity index (χ3n) is 3.99. The van der Waals surface area contributed by atoms with Gasteiger partial charge in [-0.25, -0.2) is 4.98 Å². The molecule has 1 N–H and O–H groups in total. The molecule has 1 aromatic carbocycles. The van der Waals surface area contributed by atoms with Gasteiger partial charge in [0.1, 0.15) is 5.01 Å². The van der Waals surface area contributed by atoms with Gasteiger partial charge in [0.2, 0.25) is 0 Å². The second kappa shape index (κ2) is 6.16. The number of hydrogen-bond donors (Lipinski definition) is 1. The highest BCUT2D eigenvalue weighted by Crippen LogP contribution is 2.31. The van der Waals surface area contributed by atoms with E-state index in [-0.39, 0.29) is 6.04 Å². The number of aryl methyl sites for hydroxylation is 1. The van der Waals surface area contributed by atoms with Gasteiger partial charge in [0.05, 0.1) is 6.04 Å². The number of nitrogens with zero attached hydrogens (tertiary/aromatic N) is 2. The zero-order valence-electron chi connectivity index (χ0n) is 13.0. The quantitative estimate of drug-likeness (QED) is 0.935. The van der Waals surface area contributed by atoms with Crippen molar-refractivity contribution in [1.82, 2.24) is 10.3 Å². The fourth-order valence-electron chi connectivity index (χ4n) is 3.01. The zero-order chi connectivity index (χ0) is 14.8. The van der Waals surface area contributed by atoms with E-state index < -0.39 is 0 Å². The summed E-state index contributed by atoms with van der Waals surface area (Å²) in [6.07, 6.45) is 4.31. The third-order valence-corrected chi connectivity index (χ3v) is 4.83. The molecule has 1 atom stereocenters. The van der Waals surface area contributed by atoms with Crippen LogP contribution >= 0.6 is 11.3 Å². The minimum absolute atomic E-state index is 0.197. The topological polar surface area (TPSA) is 28.2 Å². The molecule has 0 bridgehead atoms. The number of benzene rings is 1. The Bertz CT molecular complexity index is 592.